The van der Waals surface area contributed by atoms with Gasteiger partial charge in [-0.25, -0.2) is 9.59 Å². The SMILES string of the molecule is CCC1CN(C)CCCN1C(=O)NCC[C@H](O)C(=O)O. The third kappa shape index (κ3) is 4.97. The number of carboxylic acids is 1. The first-order valence-electron chi connectivity index (χ1n) is 7.09. The lowest BCUT2D eigenvalue weighted by Gasteiger charge is -2.30. The minimum Gasteiger partial charge on any atom is -0.479 e. The molecule has 0 aromatic heterocycles. The molecule has 0 spiro atoms. The van der Waals surface area contributed by atoms with Crippen LogP contribution in [-0.2, 0) is 4.79 Å². The zero-order chi connectivity index (χ0) is 15.1. The van der Waals surface area contributed by atoms with Gasteiger partial charge in [-0.3, -0.25) is 0 Å². The number of hydrogen-bond donors (Lipinski definition) is 3. The number of carbonyl (C=O) groups is 2. The number of aliphatic hydroxyl groups is 1. The zero-order valence-electron chi connectivity index (χ0n) is 12.2. The van der Waals surface area contributed by atoms with Gasteiger partial charge in [0.05, 0.1) is 0 Å². The number of carbonyl (C=O) groups excluding carboxylic acids is 1. The lowest BCUT2D eigenvalue weighted by atomic mass is 10.2. The highest BCUT2D eigenvalue weighted by atomic mass is 16.4. The van der Waals surface area contributed by atoms with Crippen molar-refractivity contribution in [2.24, 2.45) is 0 Å². The Hall–Kier alpha value is -1.34. The van der Waals surface area contributed by atoms with Crippen LogP contribution < -0.4 is 5.32 Å². The molecule has 7 nitrogen and oxygen atoms in total. The fourth-order valence-electron chi connectivity index (χ4n) is 2.40. The summed E-state index contributed by atoms with van der Waals surface area (Å²) in [5.74, 6) is -1.26. The van der Waals surface area contributed by atoms with E-state index in [1.165, 1.54) is 0 Å². The van der Waals surface area contributed by atoms with Crippen LogP contribution in [0.1, 0.15) is 26.2 Å². The van der Waals surface area contributed by atoms with Crippen molar-refractivity contribution in [1.82, 2.24) is 15.1 Å². The fourth-order valence-corrected chi connectivity index (χ4v) is 2.40. The Morgan fingerprint density at radius 2 is 2.10 bits per heavy atom. The molecule has 1 rings (SSSR count). The van der Waals surface area contributed by atoms with Gasteiger partial charge in [0, 0.05) is 32.1 Å². The summed E-state index contributed by atoms with van der Waals surface area (Å²) < 4.78 is 0. The summed E-state index contributed by atoms with van der Waals surface area (Å²) in [4.78, 5) is 26.7. The highest BCUT2D eigenvalue weighted by molar-refractivity contribution is 5.75. The number of rotatable bonds is 5. The zero-order valence-corrected chi connectivity index (χ0v) is 12.2. The van der Waals surface area contributed by atoms with Crippen molar-refractivity contribution in [3.8, 4) is 0 Å². The predicted octanol–water partition coefficient (Wildman–Crippen LogP) is -0.0523. The molecular weight excluding hydrogens is 262 g/mol. The molecule has 1 aliphatic heterocycles. The first kappa shape index (κ1) is 16.7. The van der Waals surface area contributed by atoms with Crippen LogP contribution in [0, 0.1) is 0 Å². The molecule has 7 heteroatoms. The number of amides is 2. The quantitative estimate of drug-likeness (QED) is 0.659. The summed E-state index contributed by atoms with van der Waals surface area (Å²) in [7, 11) is 2.05. The van der Waals surface area contributed by atoms with E-state index in [0.717, 1.165) is 25.9 Å². The Morgan fingerprint density at radius 3 is 2.70 bits per heavy atom. The van der Waals surface area contributed by atoms with Gasteiger partial charge in [-0.1, -0.05) is 6.92 Å². The van der Waals surface area contributed by atoms with Crippen LogP contribution in [0.15, 0.2) is 0 Å². The summed E-state index contributed by atoms with van der Waals surface area (Å²) in [5.41, 5.74) is 0. The number of aliphatic hydroxyl groups excluding tert-OH is 1. The first-order chi connectivity index (χ1) is 9.45. The monoisotopic (exact) mass is 287 g/mol. The lowest BCUT2D eigenvalue weighted by Crippen LogP contribution is -2.48. The average Bonchev–Trinajstić information content (AvgIpc) is 2.59. The maximum Gasteiger partial charge on any atom is 0.332 e. The van der Waals surface area contributed by atoms with Crippen LogP contribution in [0.25, 0.3) is 0 Å². The summed E-state index contributed by atoms with van der Waals surface area (Å²) >= 11 is 0. The molecule has 1 heterocycles. The van der Waals surface area contributed by atoms with Crippen LogP contribution in [0.3, 0.4) is 0 Å². The Balaban J connectivity index is 2.45. The van der Waals surface area contributed by atoms with Gasteiger partial charge in [0.25, 0.3) is 0 Å². The number of carboxylic acid groups (broad SMARTS) is 1. The van der Waals surface area contributed by atoms with Crippen molar-refractivity contribution in [3.63, 3.8) is 0 Å². The number of likely N-dealkylation sites (N-methyl/N-ethyl adjacent to an activating group) is 1. The molecule has 0 saturated carbocycles. The topological polar surface area (TPSA) is 93.1 Å². The molecule has 1 aliphatic rings. The van der Waals surface area contributed by atoms with Gasteiger partial charge in [-0.05, 0) is 26.4 Å². The van der Waals surface area contributed by atoms with E-state index in [4.69, 9.17) is 10.2 Å². The molecule has 0 aromatic carbocycles. The third-order valence-corrected chi connectivity index (χ3v) is 3.61. The number of hydrogen-bond acceptors (Lipinski definition) is 4. The van der Waals surface area contributed by atoms with Crippen LogP contribution >= 0.6 is 0 Å². The Kier molecular flexibility index (Phi) is 6.74. The van der Waals surface area contributed by atoms with Gasteiger partial charge in [0.2, 0.25) is 0 Å². The number of nitrogens with one attached hydrogen (secondary N) is 1. The molecule has 116 valence electrons. The Morgan fingerprint density at radius 1 is 1.40 bits per heavy atom. The van der Waals surface area contributed by atoms with Crippen LogP contribution in [-0.4, -0.2) is 77.4 Å². The molecular formula is C13H25N3O4. The molecule has 0 radical (unpaired) electrons. The van der Waals surface area contributed by atoms with Crippen molar-refractivity contribution in [2.45, 2.75) is 38.3 Å². The lowest BCUT2D eigenvalue weighted by molar-refractivity contribution is -0.146. The smallest absolute Gasteiger partial charge is 0.332 e. The van der Waals surface area contributed by atoms with Crippen molar-refractivity contribution in [2.75, 3.05) is 33.2 Å². The Labute approximate surface area is 119 Å². The van der Waals surface area contributed by atoms with Crippen molar-refractivity contribution >= 4 is 12.0 Å². The molecule has 20 heavy (non-hydrogen) atoms. The second kappa shape index (κ2) is 8.06. The fraction of sp³-hybridized carbons (Fsp3) is 0.846. The molecule has 2 atom stereocenters. The first-order valence-corrected chi connectivity index (χ1v) is 7.09. The standard InChI is InChI=1S/C13H25N3O4/c1-3-10-9-15(2)7-4-8-16(10)13(20)14-6-5-11(17)12(18)19/h10-11,17H,3-9H2,1-2H3,(H,14,20)(H,18,19)/t10?,11-/m0/s1. The van der Waals surface area contributed by atoms with E-state index in [1.807, 2.05) is 11.9 Å². The number of nitrogens with zero attached hydrogens (tertiary/aromatic N) is 2. The summed E-state index contributed by atoms with van der Waals surface area (Å²) in [5, 5.41) is 20.4. The largest absolute Gasteiger partial charge is 0.479 e. The van der Waals surface area contributed by atoms with E-state index in [2.05, 4.69) is 17.1 Å². The van der Waals surface area contributed by atoms with Crippen molar-refractivity contribution in [3.05, 3.63) is 0 Å². The molecule has 3 N–H and O–H groups in total. The summed E-state index contributed by atoms with van der Waals surface area (Å²) in [6.07, 6.45) is 0.409. The van der Waals surface area contributed by atoms with Gasteiger partial charge in [0.15, 0.2) is 6.10 Å². The maximum atomic E-state index is 12.1. The second-order valence-corrected chi connectivity index (χ2v) is 5.25. The van der Waals surface area contributed by atoms with E-state index in [1.54, 1.807) is 0 Å². The molecule has 1 fully saturated rings. The van der Waals surface area contributed by atoms with Gasteiger partial charge in [-0.2, -0.15) is 0 Å². The van der Waals surface area contributed by atoms with E-state index < -0.39 is 12.1 Å². The maximum absolute atomic E-state index is 12.1. The molecule has 0 aliphatic carbocycles. The van der Waals surface area contributed by atoms with Gasteiger partial charge in [0.1, 0.15) is 0 Å². The summed E-state index contributed by atoms with van der Waals surface area (Å²) in [6, 6.07) is -0.00311. The highest BCUT2D eigenvalue weighted by Crippen LogP contribution is 2.12. The average molecular weight is 287 g/mol. The van der Waals surface area contributed by atoms with Crippen LogP contribution in [0.5, 0.6) is 0 Å². The van der Waals surface area contributed by atoms with Crippen molar-refractivity contribution in [1.29, 1.82) is 0 Å². The minimum atomic E-state index is -1.42. The van der Waals surface area contributed by atoms with Crippen molar-refractivity contribution < 1.29 is 19.8 Å². The normalized spacial score (nSPS) is 22.1. The van der Waals surface area contributed by atoms with E-state index in [9.17, 15) is 9.59 Å². The van der Waals surface area contributed by atoms with E-state index >= 15 is 0 Å². The summed E-state index contributed by atoms with van der Waals surface area (Å²) in [6.45, 7) is 4.74. The molecule has 1 saturated heterocycles. The van der Waals surface area contributed by atoms with Crippen LogP contribution in [0.4, 0.5) is 4.79 Å². The second-order valence-electron chi connectivity index (χ2n) is 5.25. The predicted molar refractivity (Wildman–Crippen MR) is 74.6 cm³/mol. The van der Waals surface area contributed by atoms with E-state index in [-0.39, 0.29) is 25.0 Å². The molecule has 2 amide bonds. The number of aliphatic carboxylic acids is 1. The van der Waals surface area contributed by atoms with Gasteiger partial charge >= 0.3 is 12.0 Å². The molecule has 0 bridgehead atoms. The molecule has 0 aromatic rings. The third-order valence-electron chi connectivity index (χ3n) is 3.61. The Bertz CT molecular complexity index is 338. The molecule has 1 unspecified atom stereocenters. The van der Waals surface area contributed by atoms with E-state index in [0.29, 0.717) is 6.54 Å². The van der Waals surface area contributed by atoms with Gasteiger partial charge < -0.3 is 25.3 Å². The minimum absolute atomic E-state index is 0.0195. The van der Waals surface area contributed by atoms with Gasteiger partial charge in [-0.15, -0.1) is 0 Å². The number of urea groups is 1. The van der Waals surface area contributed by atoms with Crippen LogP contribution in [0.2, 0.25) is 0 Å². The highest BCUT2D eigenvalue weighted by Gasteiger charge is 2.26.